The van der Waals surface area contributed by atoms with E-state index in [-0.39, 0.29) is 0 Å². The number of alkyl halides is 3. The normalized spacial score (nSPS) is 12.8. The molecule has 1 unspecified atom stereocenters. The van der Waals surface area contributed by atoms with Gasteiger partial charge in [-0.25, -0.2) is 4.79 Å². The summed E-state index contributed by atoms with van der Waals surface area (Å²) in [6.07, 6.45) is -6.71. The van der Waals surface area contributed by atoms with Gasteiger partial charge in [0.15, 0.2) is 0 Å². The molecule has 110 valence electrons. The van der Waals surface area contributed by atoms with Crippen molar-refractivity contribution in [3.05, 3.63) is 28.3 Å². The Balaban J connectivity index is 3.41. The van der Waals surface area contributed by atoms with Crippen molar-refractivity contribution in [2.75, 3.05) is 5.73 Å². The number of carbonyl (C=O) groups excluding carboxylic acids is 1. The molecule has 0 amide bonds. The first-order valence-electron chi connectivity index (χ1n) is 5.10. The van der Waals surface area contributed by atoms with Gasteiger partial charge in [0.2, 0.25) is 6.10 Å². The Morgan fingerprint density at radius 2 is 1.95 bits per heavy atom. The maximum absolute atomic E-state index is 12.7. The molecule has 5 nitrogen and oxygen atoms in total. The van der Waals surface area contributed by atoms with Gasteiger partial charge in [0.05, 0.1) is 16.3 Å². The average molecular weight is 312 g/mol. The van der Waals surface area contributed by atoms with E-state index in [4.69, 9.17) is 22.4 Å². The molecule has 1 aromatic rings. The molecule has 9 heteroatoms. The van der Waals surface area contributed by atoms with Crippen LogP contribution in [0.4, 0.5) is 18.9 Å². The number of carboxylic acid groups (broad SMARTS) is 1. The lowest BCUT2D eigenvalue weighted by Gasteiger charge is -2.17. The van der Waals surface area contributed by atoms with Gasteiger partial charge in [-0.05, 0) is 12.1 Å². The lowest BCUT2D eigenvalue weighted by molar-refractivity contribution is -0.163. The predicted octanol–water partition coefficient (Wildman–Crippen LogP) is 2.63. The fraction of sp³-hybridized carbons (Fsp3) is 0.273. The summed E-state index contributed by atoms with van der Waals surface area (Å²) in [6.45, 7) is 0.930. The van der Waals surface area contributed by atoms with Crippen LogP contribution in [0.3, 0.4) is 0 Å². The van der Waals surface area contributed by atoms with Crippen molar-refractivity contribution in [3.8, 4) is 0 Å². The summed E-state index contributed by atoms with van der Waals surface area (Å²) in [4.78, 5) is 21.8. The number of carboxylic acids is 1. The highest BCUT2D eigenvalue weighted by atomic mass is 35.5. The van der Waals surface area contributed by atoms with Crippen LogP contribution in [0.2, 0.25) is 5.02 Å². The molecular formula is C11H9ClF3NO4. The number of nitrogen functional groups attached to an aromatic ring is 1. The van der Waals surface area contributed by atoms with Gasteiger partial charge in [0.25, 0.3) is 0 Å². The summed E-state index contributed by atoms with van der Waals surface area (Å²) in [7, 11) is 0. The first-order valence-corrected chi connectivity index (χ1v) is 5.48. The van der Waals surface area contributed by atoms with E-state index >= 15 is 0 Å². The van der Waals surface area contributed by atoms with Crippen LogP contribution < -0.4 is 5.73 Å². The molecular weight excluding hydrogens is 303 g/mol. The van der Waals surface area contributed by atoms with Crippen LogP contribution in [0.1, 0.15) is 24.2 Å². The third-order valence-electron chi connectivity index (χ3n) is 2.27. The molecule has 20 heavy (non-hydrogen) atoms. The number of halogens is 4. The van der Waals surface area contributed by atoms with E-state index in [1.165, 1.54) is 0 Å². The Hall–Kier alpha value is -1.96. The third kappa shape index (κ3) is 3.53. The lowest BCUT2D eigenvalue weighted by Crippen LogP contribution is -2.19. The quantitative estimate of drug-likeness (QED) is 0.661. The molecule has 1 atom stereocenters. The molecule has 0 saturated carbocycles. The van der Waals surface area contributed by atoms with Gasteiger partial charge in [-0.1, -0.05) is 11.6 Å². The number of esters is 1. The molecule has 0 aromatic heterocycles. The second-order valence-corrected chi connectivity index (χ2v) is 4.20. The largest absolute Gasteiger partial charge is 0.478 e. The van der Waals surface area contributed by atoms with Gasteiger partial charge in [0.1, 0.15) is 0 Å². The van der Waals surface area contributed by atoms with Gasteiger partial charge in [-0.2, -0.15) is 13.2 Å². The van der Waals surface area contributed by atoms with Crippen LogP contribution in [-0.2, 0) is 20.5 Å². The van der Waals surface area contributed by atoms with Crippen LogP contribution in [0.5, 0.6) is 0 Å². The smallest absolute Gasteiger partial charge is 0.418 e. The SMILES string of the molecule is CC(=O)OC(C(=O)O)c1cc(Cl)c(N)c(C(F)(F)F)c1. The van der Waals surface area contributed by atoms with Crippen LogP contribution >= 0.6 is 11.6 Å². The van der Waals surface area contributed by atoms with Crippen LogP contribution in [0, 0.1) is 0 Å². The van der Waals surface area contributed by atoms with E-state index in [0.29, 0.717) is 6.07 Å². The van der Waals surface area contributed by atoms with Crippen molar-refractivity contribution in [2.24, 2.45) is 0 Å². The van der Waals surface area contributed by atoms with Crippen molar-refractivity contribution >= 4 is 29.2 Å². The second kappa shape index (κ2) is 5.58. The number of aliphatic carboxylic acids is 1. The molecule has 1 rings (SSSR count). The van der Waals surface area contributed by atoms with E-state index in [9.17, 15) is 22.8 Å². The molecule has 3 N–H and O–H groups in total. The predicted molar refractivity (Wildman–Crippen MR) is 63.0 cm³/mol. The van der Waals surface area contributed by atoms with Crippen molar-refractivity contribution in [1.29, 1.82) is 0 Å². The van der Waals surface area contributed by atoms with Crippen LogP contribution in [0.25, 0.3) is 0 Å². The highest BCUT2D eigenvalue weighted by molar-refractivity contribution is 6.33. The zero-order valence-corrected chi connectivity index (χ0v) is 10.7. The average Bonchev–Trinajstić information content (AvgIpc) is 2.27. The van der Waals surface area contributed by atoms with Crippen LogP contribution in [0.15, 0.2) is 12.1 Å². The topological polar surface area (TPSA) is 89.6 Å². The molecule has 0 fully saturated rings. The van der Waals surface area contributed by atoms with Gasteiger partial charge in [-0.3, -0.25) is 4.79 Å². The summed E-state index contributed by atoms with van der Waals surface area (Å²) in [5, 5.41) is 8.42. The molecule has 1 aromatic carbocycles. The number of hydrogen-bond acceptors (Lipinski definition) is 4. The Bertz CT molecular complexity index is 559. The number of hydrogen-bond donors (Lipinski definition) is 2. The first kappa shape index (κ1) is 16.1. The Kier molecular flexibility index (Phi) is 4.49. The van der Waals surface area contributed by atoms with Gasteiger partial charge in [-0.15, -0.1) is 0 Å². The van der Waals surface area contributed by atoms with E-state index in [0.717, 1.165) is 13.0 Å². The maximum Gasteiger partial charge on any atom is 0.418 e. The van der Waals surface area contributed by atoms with Gasteiger partial charge >= 0.3 is 18.1 Å². The van der Waals surface area contributed by atoms with Crippen molar-refractivity contribution in [2.45, 2.75) is 19.2 Å². The molecule has 0 aliphatic heterocycles. The monoisotopic (exact) mass is 311 g/mol. The van der Waals surface area contributed by atoms with Crippen molar-refractivity contribution in [1.82, 2.24) is 0 Å². The first-order chi connectivity index (χ1) is 9.04. The number of carbonyl (C=O) groups is 2. The van der Waals surface area contributed by atoms with E-state index < -0.39 is 46.1 Å². The molecule has 0 radical (unpaired) electrons. The van der Waals surface area contributed by atoms with Crippen molar-refractivity contribution < 1.29 is 32.6 Å². The molecule has 0 saturated heterocycles. The highest BCUT2D eigenvalue weighted by Crippen LogP contribution is 2.39. The molecule has 0 bridgehead atoms. The zero-order valence-electron chi connectivity index (χ0n) is 9.99. The standard InChI is InChI=1S/C11H9ClF3NO4/c1-4(17)20-9(10(18)19)5-2-6(11(13,14)15)8(16)7(12)3-5/h2-3,9H,16H2,1H3,(H,18,19). The number of rotatable bonds is 3. The van der Waals surface area contributed by atoms with Crippen molar-refractivity contribution in [3.63, 3.8) is 0 Å². The molecule has 0 aliphatic rings. The van der Waals surface area contributed by atoms with Gasteiger partial charge in [0, 0.05) is 12.5 Å². The zero-order chi connectivity index (χ0) is 15.7. The fourth-order valence-electron chi connectivity index (χ4n) is 1.45. The van der Waals surface area contributed by atoms with E-state index in [1.54, 1.807) is 0 Å². The minimum Gasteiger partial charge on any atom is -0.478 e. The fourth-order valence-corrected chi connectivity index (χ4v) is 1.68. The number of ether oxygens (including phenoxy) is 1. The Labute approximate surface area is 116 Å². The summed E-state index contributed by atoms with van der Waals surface area (Å²) in [5.41, 5.74) is 2.76. The van der Waals surface area contributed by atoms with E-state index in [1.807, 2.05) is 0 Å². The number of anilines is 1. The molecule has 0 aliphatic carbocycles. The molecule has 0 heterocycles. The highest BCUT2D eigenvalue weighted by Gasteiger charge is 2.36. The Morgan fingerprint density at radius 1 is 1.40 bits per heavy atom. The Morgan fingerprint density at radius 3 is 2.35 bits per heavy atom. The summed E-state index contributed by atoms with van der Waals surface area (Å²) < 4.78 is 42.7. The number of benzene rings is 1. The lowest BCUT2D eigenvalue weighted by atomic mass is 10.0. The minimum absolute atomic E-state index is 0.431. The third-order valence-corrected chi connectivity index (χ3v) is 2.58. The maximum atomic E-state index is 12.7. The molecule has 0 spiro atoms. The second-order valence-electron chi connectivity index (χ2n) is 3.79. The number of nitrogens with two attached hydrogens (primary N) is 1. The van der Waals surface area contributed by atoms with Gasteiger partial charge < -0.3 is 15.6 Å². The van der Waals surface area contributed by atoms with Crippen LogP contribution in [-0.4, -0.2) is 17.0 Å². The minimum atomic E-state index is -4.82. The summed E-state index contributed by atoms with van der Waals surface area (Å²) in [5.74, 6) is -2.59. The van der Waals surface area contributed by atoms with E-state index in [2.05, 4.69) is 4.74 Å². The summed E-state index contributed by atoms with van der Waals surface area (Å²) in [6, 6.07) is 1.40. The summed E-state index contributed by atoms with van der Waals surface area (Å²) >= 11 is 5.55.